The van der Waals surface area contributed by atoms with Gasteiger partial charge in [-0.3, -0.25) is 4.79 Å². The number of ether oxygens (including phenoxy) is 2. The number of esters is 1. The Morgan fingerprint density at radius 3 is 2.27 bits per heavy atom. The number of nitrogens with one attached hydrogen (secondary N) is 1. The predicted octanol–water partition coefficient (Wildman–Crippen LogP) is 5.51. The summed E-state index contributed by atoms with van der Waals surface area (Å²) in [6, 6.07) is 17.1. The first-order chi connectivity index (χ1) is 14.4. The van der Waals surface area contributed by atoms with Gasteiger partial charge in [-0.25, -0.2) is 9.18 Å². The molecule has 0 aliphatic rings. The molecule has 3 rings (SSSR count). The van der Waals surface area contributed by atoms with Crippen molar-refractivity contribution in [3.05, 3.63) is 93.7 Å². The van der Waals surface area contributed by atoms with Crippen molar-refractivity contribution in [1.29, 1.82) is 0 Å². The second-order valence-corrected chi connectivity index (χ2v) is 6.95. The van der Waals surface area contributed by atoms with Crippen LogP contribution in [0.2, 0.25) is 10.0 Å². The summed E-state index contributed by atoms with van der Waals surface area (Å²) in [5, 5.41) is 3.04. The zero-order valence-electron chi connectivity index (χ0n) is 15.5. The van der Waals surface area contributed by atoms with E-state index in [4.69, 9.17) is 32.7 Å². The van der Waals surface area contributed by atoms with E-state index in [0.29, 0.717) is 0 Å². The standard InChI is InChI=1S/C22H16Cl2FNO4/c23-17-5-3-6-18(24)21(17)26-20(27)13-30-22(28)16-4-1-2-7-19(16)29-12-14-8-10-15(25)11-9-14/h1-11H,12-13H2,(H,26,27). The molecule has 0 heterocycles. The van der Waals surface area contributed by atoms with Crippen LogP contribution in [0.15, 0.2) is 66.7 Å². The third kappa shape index (κ3) is 5.72. The zero-order valence-corrected chi connectivity index (χ0v) is 17.0. The van der Waals surface area contributed by atoms with Gasteiger partial charge in [0.25, 0.3) is 5.91 Å². The van der Waals surface area contributed by atoms with Crippen LogP contribution in [-0.4, -0.2) is 18.5 Å². The number of rotatable bonds is 7. The van der Waals surface area contributed by atoms with E-state index in [1.807, 2.05) is 0 Å². The Hall–Kier alpha value is -3.09. The molecule has 1 amide bonds. The lowest BCUT2D eigenvalue weighted by molar-refractivity contribution is -0.119. The van der Waals surface area contributed by atoms with Crippen molar-refractivity contribution < 1.29 is 23.5 Å². The third-order valence-corrected chi connectivity index (χ3v) is 4.61. The summed E-state index contributed by atoms with van der Waals surface area (Å²) in [6.45, 7) is -0.400. The van der Waals surface area contributed by atoms with Crippen LogP contribution in [-0.2, 0) is 16.1 Å². The quantitative estimate of drug-likeness (QED) is 0.485. The number of carbonyl (C=O) groups excluding carboxylic acids is 2. The van der Waals surface area contributed by atoms with E-state index in [1.165, 1.54) is 18.2 Å². The molecule has 0 unspecified atom stereocenters. The normalized spacial score (nSPS) is 10.4. The third-order valence-electron chi connectivity index (χ3n) is 3.98. The number of halogens is 3. The second-order valence-electron chi connectivity index (χ2n) is 6.13. The summed E-state index contributed by atoms with van der Waals surface area (Å²) in [7, 11) is 0. The summed E-state index contributed by atoms with van der Waals surface area (Å²) >= 11 is 12.0. The van der Waals surface area contributed by atoms with Crippen molar-refractivity contribution >= 4 is 40.8 Å². The smallest absolute Gasteiger partial charge is 0.342 e. The summed E-state index contributed by atoms with van der Waals surface area (Å²) < 4.78 is 23.7. The minimum atomic E-state index is -0.731. The molecule has 0 aliphatic carbocycles. The molecule has 0 atom stereocenters. The predicted molar refractivity (Wildman–Crippen MR) is 113 cm³/mol. The molecule has 30 heavy (non-hydrogen) atoms. The number of amides is 1. The highest BCUT2D eigenvalue weighted by Crippen LogP contribution is 2.29. The Balaban J connectivity index is 1.60. The number of para-hydroxylation sites is 2. The molecule has 154 valence electrons. The first-order valence-electron chi connectivity index (χ1n) is 8.81. The van der Waals surface area contributed by atoms with Gasteiger partial charge in [0.1, 0.15) is 23.7 Å². The molecule has 8 heteroatoms. The molecule has 0 saturated carbocycles. The number of carbonyl (C=O) groups is 2. The van der Waals surface area contributed by atoms with Gasteiger partial charge in [-0.05, 0) is 42.0 Å². The monoisotopic (exact) mass is 447 g/mol. The first-order valence-corrected chi connectivity index (χ1v) is 9.57. The van der Waals surface area contributed by atoms with Crippen molar-refractivity contribution in [1.82, 2.24) is 0 Å². The lowest BCUT2D eigenvalue weighted by Gasteiger charge is -2.12. The van der Waals surface area contributed by atoms with Gasteiger partial charge >= 0.3 is 5.97 Å². The SMILES string of the molecule is O=C(COC(=O)c1ccccc1OCc1ccc(F)cc1)Nc1c(Cl)cccc1Cl. The number of hydrogen-bond acceptors (Lipinski definition) is 4. The fourth-order valence-electron chi connectivity index (χ4n) is 2.50. The summed E-state index contributed by atoms with van der Waals surface area (Å²) in [6.07, 6.45) is 0. The zero-order chi connectivity index (χ0) is 21.5. The maximum Gasteiger partial charge on any atom is 0.342 e. The number of hydrogen-bond donors (Lipinski definition) is 1. The van der Waals surface area contributed by atoms with Gasteiger partial charge in [-0.15, -0.1) is 0 Å². The molecule has 0 spiro atoms. The van der Waals surface area contributed by atoms with Crippen molar-refractivity contribution in [2.24, 2.45) is 0 Å². The highest BCUT2D eigenvalue weighted by Gasteiger charge is 2.16. The van der Waals surface area contributed by atoms with Crippen LogP contribution in [0.25, 0.3) is 0 Å². The second kappa shape index (κ2) is 10.1. The van der Waals surface area contributed by atoms with Crippen LogP contribution in [0, 0.1) is 5.82 Å². The van der Waals surface area contributed by atoms with E-state index in [-0.39, 0.29) is 39.5 Å². The fourth-order valence-corrected chi connectivity index (χ4v) is 3.00. The van der Waals surface area contributed by atoms with E-state index in [2.05, 4.69) is 5.32 Å². The van der Waals surface area contributed by atoms with Gasteiger partial charge in [0.05, 0.1) is 15.7 Å². The Kier molecular flexibility index (Phi) is 7.27. The van der Waals surface area contributed by atoms with Crippen LogP contribution < -0.4 is 10.1 Å². The number of benzene rings is 3. The molecule has 1 N–H and O–H groups in total. The lowest BCUT2D eigenvalue weighted by Crippen LogP contribution is -2.21. The largest absolute Gasteiger partial charge is 0.488 e. The highest BCUT2D eigenvalue weighted by molar-refractivity contribution is 6.39. The van der Waals surface area contributed by atoms with Gasteiger partial charge in [0, 0.05) is 0 Å². The topological polar surface area (TPSA) is 64.6 Å². The molecule has 3 aromatic carbocycles. The molecule has 0 bridgehead atoms. The fraction of sp³-hybridized carbons (Fsp3) is 0.0909. The first kappa shape index (κ1) is 21.6. The summed E-state index contributed by atoms with van der Waals surface area (Å²) in [5.74, 6) is -1.39. The van der Waals surface area contributed by atoms with Crippen LogP contribution in [0.3, 0.4) is 0 Å². The van der Waals surface area contributed by atoms with Gasteiger partial charge in [0.2, 0.25) is 0 Å². The van der Waals surface area contributed by atoms with Crippen LogP contribution >= 0.6 is 23.2 Å². The van der Waals surface area contributed by atoms with Gasteiger partial charge < -0.3 is 14.8 Å². The van der Waals surface area contributed by atoms with Crippen LogP contribution in [0.1, 0.15) is 15.9 Å². The minimum Gasteiger partial charge on any atom is -0.488 e. The molecule has 0 aliphatic heterocycles. The van der Waals surface area contributed by atoms with Crippen molar-refractivity contribution in [2.75, 3.05) is 11.9 Å². The van der Waals surface area contributed by atoms with Crippen molar-refractivity contribution in [3.8, 4) is 5.75 Å². The van der Waals surface area contributed by atoms with E-state index >= 15 is 0 Å². The van der Waals surface area contributed by atoms with Crippen LogP contribution in [0.4, 0.5) is 10.1 Å². The Morgan fingerprint density at radius 2 is 1.57 bits per heavy atom. The van der Waals surface area contributed by atoms with Crippen molar-refractivity contribution in [3.63, 3.8) is 0 Å². The molecule has 0 fully saturated rings. The molecule has 0 aromatic heterocycles. The average Bonchev–Trinajstić information content (AvgIpc) is 2.74. The average molecular weight is 448 g/mol. The molecule has 0 radical (unpaired) electrons. The van der Waals surface area contributed by atoms with Crippen LogP contribution in [0.5, 0.6) is 5.75 Å². The molecular weight excluding hydrogens is 432 g/mol. The summed E-state index contributed by atoms with van der Waals surface area (Å²) in [4.78, 5) is 24.5. The Bertz CT molecular complexity index is 1040. The molecule has 3 aromatic rings. The Morgan fingerprint density at radius 1 is 0.900 bits per heavy atom. The Labute approximate surface area is 182 Å². The van der Waals surface area contributed by atoms with Gasteiger partial charge in [-0.1, -0.05) is 53.5 Å². The lowest BCUT2D eigenvalue weighted by atomic mass is 10.2. The maximum atomic E-state index is 13.0. The molecule has 0 saturated heterocycles. The number of anilines is 1. The van der Waals surface area contributed by atoms with Crippen molar-refractivity contribution in [2.45, 2.75) is 6.61 Å². The van der Waals surface area contributed by atoms with Gasteiger partial charge in [-0.2, -0.15) is 0 Å². The van der Waals surface area contributed by atoms with E-state index in [9.17, 15) is 14.0 Å². The molecular formula is C22H16Cl2FNO4. The summed E-state index contributed by atoms with van der Waals surface area (Å²) in [5.41, 5.74) is 1.13. The van der Waals surface area contributed by atoms with E-state index < -0.39 is 18.5 Å². The maximum absolute atomic E-state index is 13.0. The van der Waals surface area contributed by atoms with E-state index in [1.54, 1.807) is 48.5 Å². The molecule has 5 nitrogen and oxygen atoms in total. The minimum absolute atomic E-state index is 0.135. The highest BCUT2D eigenvalue weighted by atomic mass is 35.5. The van der Waals surface area contributed by atoms with Gasteiger partial charge in [0.15, 0.2) is 6.61 Å². The van der Waals surface area contributed by atoms with E-state index in [0.717, 1.165) is 5.56 Å².